The molecule has 49 valence electrons. The van der Waals surface area contributed by atoms with Crippen molar-refractivity contribution in [2.45, 2.75) is 12.8 Å². The van der Waals surface area contributed by atoms with Crippen LogP contribution < -0.4 is 0 Å². The lowest BCUT2D eigenvalue weighted by molar-refractivity contribution is 0.289. The first-order chi connectivity index (χ1) is 4.43. The summed E-state index contributed by atoms with van der Waals surface area (Å²) in [5.74, 6) is 0. The summed E-state index contributed by atoms with van der Waals surface area (Å²) in [6.07, 6.45) is 1.86. The van der Waals surface area contributed by atoms with E-state index in [1.165, 1.54) is 4.88 Å². The molecule has 0 unspecified atom stereocenters. The molecule has 0 aliphatic rings. The Bertz CT molecular complexity index is 146. The average molecular weight is 141 g/mol. The average Bonchev–Trinajstić information content (AvgIpc) is 2.34. The number of hydrogen-bond donors (Lipinski definition) is 1. The summed E-state index contributed by atoms with van der Waals surface area (Å²) in [7, 11) is 0. The van der Waals surface area contributed by atoms with Crippen LogP contribution in [0.4, 0.5) is 0 Å². The molecule has 1 heterocycles. The van der Waals surface area contributed by atoms with E-state index in [2.05, 4.69) is 5.38 Å². The molecular weight excluding hydrogens is 132 g/mol. The molecule has 1 N–H and O–H groups in total. The Morgan fingerprint density at radius 3 is 3.11 bits per heavy atom. The van der Waals surface area contributed by atoms with Crippen LogP contribution in [0.25, 0.3) is 0 Å². The zero-order valence-electron chi connectivity index (χ0n) is 5.13. The summed E-state index contributed by atoms with van der Waals surface area (Å²) in [6, 6.07) is 3.96. The first kappa shape index (κ1) is 6.78. The van der Waals surface area contributed by atoms with E-state index in [-0.39, 0.29) is 6.61 Å². The maximum absolute atomic E-state index is 8.46. The van der Waals surface area contributed by atoms with Crippen molar-refractivity contribution in [1.82, 2.24) is 0 Å². The molecule has 1 rings (SSSR count). The van der Waals surface area contributed by atoms with Crippen LogP contribution in [0.15, 0.2) is 12.1 Å². The lowest BCUT2D eigenvalue weighted by Gasteiger charge is -1.89. The second-order valence-corrected chi connectivity index (χ2v) is 2.81. The molecule has 1 radical (unpaired) electrons. The summed E-state index contributed by atoms with van der Waals surface area (Å²) in [4.78, 5) is 1.31. The number of aliphatic hydroxyl groups is 1. The lowest BCUT2D eigenvalue weighted by Crippen LogP contribution is -1.84. The topological polar surface area (TPSA) is 20.2 Å². The van der Waals surface area contributed by atoms with Crippen LogP contribution >= 0.6 is 11.3 Å². The van der Waals surface area contributed by atoms with Crippen molar-refractivity contribution >= 4 is 11.3 Å². The molecule has 0 amide bonds. The fourth-order valence-electron chi connectivity index (χ4n) is 0.658. The Morgan fingerprint density at radius 2 is 2.56 bits per heavy atom. The highest BCUT2D eigenvalue weighted by Crippen LogP contribution is 2.09. The van der Waals surface area contributed by atoms with E-state index < -0.39 is 0 Å². The number of hydrogen-bond acceptors (Lipinski definition) is 2. The van der Waals surface area contributed by atoms with Crippen molar-refractivity contribution in [3.05, 3.63) is 22.4 Å². The van der Waals surface area contributed by atoms with Gasteiger partial charge in [-0.1, -0.05) is 0 Å². The third-order valence-electron chi connectivity index (χ3n) is 1.11. The van der Waals surface area contributed by atoms with Gasteiger partial charge in [0, 0.05) is 16.9 Å². The lowest BCUT2D eigenvalue weighted by atomic mass is 10.3. The second-order valence-electron chi connectivity index (χ2n) is 1.85. The predicted octanol–water partition coefficient (Wildman–Crippen LogP) is 1.47. The summed E-state index contributed by atoms with van der Waals surface area (Å²) >= 11 is 1.63. The highest BCUT2D eigenvalue weighted by molar-refractivity contribution is 7.09. The Balaban J connectivity index is 2.30. The highest BCUT2D eigenvalue weighted by atomic mass is 32.1. The number of thiophene rings is 1. The molecule has 1 nitrogen and oxygen atoms in total. The van der Waals surface area contributed by atoms with Crippen molar-refractivity contribution in [2.24, 2.45) is 0 Å². The maximum atomic E-state index is 8.46. The molecule has 1 aromatic heterocycles. The van der Waals surface area contributed by atoms with Gasteiger partial charge in [0.15, 0.2) is 0 Å². The van der Waals surface area contributed by atoms with Crippen LogP contribution in [0.2, 0.25) is 0 Å². The minimum Gasteiger partial charge on any atom is -0.396 e. The molecule has 0 saturated carbocycles. The monoisotopic (exact) mass is 141 g/mol. The van der Waals surface area contributed by atoms with E-state index in [0.717, 1.165) is 12.8 Å². The van der Waals surface area contributed by atoms with Crippen molar-refractivity contribution in [3.8, 4) is 0 Å². The van der Waals surface area contributed by atoms with Crippen LogP contribution in [-0.2, 0) is 6.42 Å². The SMILES string of the molecule is OCCCc1cc[c]s1. The molecule has 0 spiro atoms. The van der Waals surface area contributed by atoms with Crippen LogP contribution in [-0.4, -0.2) is 11.7 Å². The fraction of sp³-hybridized carbons (Fsp3) is 0.429. The summed E-state index contributed by atoms with van der Waals surface area (Å²) in [5.41, 5.74) is 0. The van der Waals surface area contributed by atoms with Gasteiger partial charge in [-0.15, -0.1) is 11.3 Å². The van der Waals surface area contributed by atoms with Gasteiger partial charge in [-0.25, -0.2) is 0 Å². The van der Waals surface area contributed by atoms with E-state index in [4.69, 9.17) is 5.11 Å². The molecule has 2 heteroatoms. The van der Waals surface area contributed by atoms with Crippen molar-refractivity contribution < 1.29 is 5.11 Å². The molecule has 0 fully saturated rings. The summed E-state index contributed by atoms with van der Waals surface area (Å²) < 4.78 is 0. The predicted molar refractivity (Wildman–Crippen MR) is 38.6 cm³/mol. The first-order valence-corrected chi connectivity index (χ1v) is 3.81. The number of rotatable bonds is 3. The maximum Gasteiger partial charge on any atom is 0.0445 e. The van der Waals surface area contributed by atoms with E-state index in [1.807, 2.05) is 12.1 Å². The van der Waals surface area contributed by atoms with Gasteiger partial charge in [0.2, 0.25) is 0 Å². The van der Waals surface area contributed by atoms with Gasteiger partial charge < -0.3 is 5.11 Å². The molecular formula is C7H9OS. The zero-order chi connectivity index (χ0) is 6.53. The van der Waals surface area contributed by atoms with E-state index in [9.17, 15) is 0 Å². The van der Waals surface area contributed by atoms with E-state index in [1.54, 1.807) is 11.3 Å². The third-order valence-corrected chi connectivity index (χ3v) is 1.96. The Kier molecular flexibility index (Phi) is 2.74. The van der Waals surface area contributed by atoms with Crippen molar-refractivity contribution in [1.29, 1.82) is 0 Å². The van der Waals surface area contributed by atoms with Gasteiger partial charge in [0.1, 0.15) is 0 Å². The number of aryl methyl sites for hydroxylation is 1. The minimum atomic E-state index is 0.290. The molecule has 0 aromatic carbocycles. The van der Waals surface area contributed by atoms with Crippen LogP contribution in [0, 0.1) is 5.38 Å². The molecule has 1 aromatic rings. The zero-order valence-corrected chi connectivity index (χ0v) is 5.95. The second kappa shape index (κ2) is 3.64. The van der Waals surface area contributed by atoms with Gasteiger partial charge in [0.05, 0.1) is 0 Å². The van der Waals surface area contributed by atoms with E-state index in [0.29, 0.717) is 0 Å². The minimum absolute atomic E-state index is 0.290. The van der Waals surface area contributed by atoms with E-state index >= 15 is 0 Å². The Labute approximate surface area is 59.0 Å². The Hall–Kier alpha value is -0.340. The molecule has 9 heavy (non-hydrogen) atoms. The van der Waals surface area contributed by atoms with Crippen LogP contribution in [0.3, 0.4) is 0 Å². The molecule has 0 saturated heterocycles. The quantitative estimate of drug-likeness (QED) is 0.676. The number of aliphatic hydroxyl groups excluding tert-OH is 1. The highest BCUT2D eigenvalue weighted by Gasteiger charge is 1.90. The largest absolute Gasteiger partial charge is 0.396 e. The third kappa shape index (κ3) is 2.16. The van der Waals surface area contributed by atoms with Gasteiger partial charge in [-0.3, -0.25) is 0 Å². The van der Waals surface area contributed by atoms with Gasteiger partial charge in [-0.05, 0) is 25.0 Å². The fourth-order valence-corrected chi connectivity index (χ4v) is 1.33. The van der Waals surface area contributed by atoms with Crippen LogP contribution in [0.1, 0.15) is 11.3 Å². The van der Waals surface area contributed by atoms with Gasteiger partial charge in [0.25, 0.3) is 0 Å². The summed E-state index contributed by atoms with van der Waals surface area (Å²) in [5, 5.41) is 11.5. The standard InChI is InChI=1S/C7H9OS/c8-5-1-3-7-4-2-6-9-7/h2,4,8H,1,3,5H2. The summed E-state index contributed by atoms with van der Waals surface area (Å²) in [6.45, 7) is 0.290. The Morgan fingerprint density at radius 1 is 1.67 bits per heavy atom. The van der Waals surface area contributed by atoms with Gasteiger partial charge >= 0.3 is 0 Å². The first-order valence-electron chi connectivity index (χ1n) is 2.99. The van der Waals surface area contributed by atoms with Crippen molar-refractivity contribution in [3.63, 3.8) is 0 Å². The molecule has 0 aliphatic heterocycles. The smallest absolute Gasteiger partial charge is 0.0445 e. The van der Waals surface area contributed by atoms with Crippen LogP contribution in [0.5, 0.6) is 0 Å². The van der Waals surface area contributed by atoms with Gasteiger partial charge in [-0.2, -0.15) is 0 Å². The van der Waals surface area contributed by atoms with Crippen molar-refractivity contribution in [2.75, 3.05) is 6.61 Å². The molecule has 0 atom stereocenters. The molecule has 0 aliphatic carbocycles. The molecule has 0 bridgehead atoms. The normalized spacial score (nSPS) is 9.89.